The summed E-state index contributed by atoms with van der Waals surface area (Å²) in [4.78, 5) is 23.5. The van der Waals surface area contributed by atoms with Gasteiger partial charge in [-0.3, -0.25) is 15.0 Å². The Kier molecular flexibility index (Phi) is 3.06. The van der Waals surface area contributed by atoms with Gasteiger partial charge in [0.05, 0.1) is 12.7 Å². The highest BCUT2D eigenvalue weighted by molar-refractivity contribution is 5.96. The highest BCUT2D eigenvalue weighted by Crippen LogP contribution is 2.26. The molecule has 3 atom stereocenters. The number of imide groups is 1. The molecule has 0 aromatic heterocycles. The average molecular weight is 232 g/mol. The van der Waals surface area contributed by atoms with Gasteiger partial charge >= 0.3 is 6.03 Å². The first-order valence-corrected chi connectivity index (χ1v) is 5.12. The van der Waals surface area contributed by atoms with Gasteiger partial charge in [0, 0.05) is 19.4 Å². The molecule has 0 bridgehead atoms. The maximum absolute atomic E-state index is 13.5. The van der Waals surface area contributed by atoms with Crippen molar-refractivity contribution in [1.82, 2.24) is 10.2 Å². The van der Waals surface area contributed by atoms with Gasteiger partial charge in [-0.25, -0.2) is 9.18 Å². The molecule has 0 aromatic carbocycles. The predicted octanol–water partition coefficient (Wildman–Crippen LogP) is -0.626. The summed E-state index contributed by atoms with van der Waals surface area (Å²) < 4.78 is 18.7. The van der Waals surface area contributed by atoms with Crippen LogP contribution in [0.2, 0.25) is 0 Å². The Hall–Kier alpha value is -1.21. The van der Waals surface area contributed by atoms with Crippen molar-refractivity contribution in [3.63, 3.8) is 0 Å². The number of carbonyl (C=O) groups is 2. The quantitative estimate of drug-likeness (QED) is 0.664. The van der Waals surface area contributed by atoms with Crippen LogP contribution in [0.25, 0.3) is 0 Å². The first kappa shape index (κ1) is 11.3. The molecule has 2 aliphatic rings. The summed E-state index contributed by atoms with van der Waals surface area (Å²) in [6.45, 7) is -0.126. The largest absolute Gasteiger partial charge is 0.394 e. The Bertz CT molecular complexity index is 312. The maximum Gasteiger partial charge on any atom is 0.326 e. The van der Waals surface area contributed by atoms with Crippen LogP contribution < -0.4 is 5.32 Å². The number of ether oxygens (including phenoxy) is 1. The predicted molar refractivity (Wildman–Crippen MR) is 50.1 cm³/mol. The van der Waals surface area contributed by atoms with E-state index in [0.29, 0.717) is 0 Å². The van der Waals surface area contributed by atoms with Crippen molar-refractivity contribution in [2.45, 2.75) is 31.3 Å². The first-order chi connectivity index (χ1) is 7.61. The smallest absolute Gasteiger partial charge is 0.326 e. The summed E-state index contributed by atoms with van der Waals surface area (Å²) in [7, 11) is 0. The maximum atomic E-state index is 13.5. The number of amides is 3. The van der Waals surface area contributed by atoms with Gasteiger partial charge < -0.3 is 9.84 Å². The molecular weight excluding hydrogens is 219 g/mol. The van der Waals surface area contributed by atoms with Gasteiger partial charge in [-0.1, -0.05) is 0 Å². The zero-order valence-electron chi connectivity index (χ0n) is 8.56. The van der Waals surface area contributed by atoms with Crippen molar-refractivity contribution in [3.8, 4) is 0 Å². The van der Waals surface area contributed by atoms with Crippen molar-refractivity contribution in [2.75, 3.05) is 13.2 Å². The zero-order chi connectivity index (χ0) is 11.7. The van der Waals surface area contributed by atoms with Crippen LogP contribution in [0.4, 0.5) is 9.18 Å². The molecule has 2 N–H and O–H groups in total. The summed E-state index contributed by atoms with van der Waals surface area (Å²) in [6, 6.07) is -0.637. The third-order valence-corrected chi connectivity index (χ3v) is 2.73. The van der Waals surface area contributed by atoms with Crippen LogP contribution in [-0.2, 0) is 9.53 Å². The number of nitrogens with zero attached hydrogens (tertiary/aromatic N) is 1. The second-order valence-electron chi connectivity index (χ2n) is 3.88. The minimum absolute atomic E-state index is 0.0683. The van der Waals surface area contributed by atoms with Gasteiger partial charge in [0.1, 0.15) is 6.17 Å². The van der Waals surface area contributed by atoms with Gasteiger partial charge in [0.25, 0.3) is 0 Å². The Labute approximate surface area is 91.4 Å². The van der Waals surface area contributed by atoms with Gasteiger partial charge in [-0.05, 0) is 0 Å². The number of alkyl halides is 1. The Morgan fingerprint density at radius 1 is 1.56 bits per heavy atom. The van der Waals surface area contributed by atoms with Crippen molar-refractivity contribution in [1.29, 1.82) is 0 Å². The van der Waals surface area contributed by atoms with Gasteiger partial charge in [0.15, 0.2) is 6.23 Å². The molecular formula is C9H13FN2O4. The molecule has 2 aliphatic heterocycles. The van der Waals surface area contributed by atoms with E-state index in [1.54, 1.807) is 0 Å². The minimum atomic E-state index is -1.32. The van der Waals surface area contributed by atoms with Crippen molar-refractivity contribution in [3.05, 3.63) is 0 Å². The van der Waals surface area contributed by atoms with E-state index in [9.17, 15) is 14.0 Å². The lowest BCUT2D eigenvalue weighted by atomic mass is 10.2. The van der Waals surface area contributed by atoms with Crippen molar-refractivity contribution in [2.24, 2.45) is 0 Å². The second kappa shape index (κ2) is 4.34. The Morgan fingerprint density at radius 3 is 2.88 bits per heavy atom. The molecule has 2 fully saturated rings. The summed E-state index contributed by atoms with van der Waals surface area (Å²) in [6.07, 6.45) is -2.69. The summed E-state index contributed by atoms with van der Waals surface area (Å²) in [5, 5.41) is 10.9. The standard InChI is InChI=1S/C9H13FN2O4/c10-6-3-5(4-13)16-8(6)12-2-1-7(14)11-9(12)15/h5-6,8,13H,1-4H2,(H,11,14,15). The molecule has 7 heteroatoms. The number of nitrogens with one attached hydrogen (secondary N) is 1. The molecule has 0 spiro atoms. The van der Waals surface area contributed by atoms with E-state index in [4.69, 9.17) is 9.84 Å². The van der Waals surface area contributed by atoms with Crippen molar-refractivity contribution < 1.29 is 23.8 Å². The SMILES string of the molecule is O=C1CCN(C2OC(CO)CC2F)C(=O)N1. The van der Waals surface area contributed by atoms with E-state index in [-0.39, 0.29) is 31.9 Å². The number of aliphatic hydroxyl groups excluding tert-OH is 1. The van der Waals surface area contributed by atoms with Crippen LogP contribution in [0.1, 0.15) is 12.8 Å². The first-order valence-electron chi connectivity index (χ1n) is 5.12. The monoisotopic (exact) mass is 232 g/mol. The van der Waals surface area contributed by atoms with Crippen LogP contribution in [0, 0.1) is 0 Å². The zero-order valence-corrected chi connectivity index (χ0v) is 8.56. The van der Waals surface area contributed by atoms with Crippen molar-refractivity contribution >= 4 is 11.9 Å². The van der Waals surface area contributed by atoms with E-state index in [2.05, 4.69) is 5.32 Å². The van der Waals surface area contributed by atoms with E-state index in [1.807, 2.05) is 0 Å². The van der Waals surface area contributed by atoms with Gasteiger partial charge in [0.2, 0.25) is 5.91 Å². The fourth-order valence-electron chi connectivity index (χ4n) is 1.91. The van der Waals surface area contributed by atoms with E-state index >= 15 is 0 Å². The number of halogens is 1. The number of aliphatic hydroxyl groups is 1. The third kappa shape index (κ3) is 2.00. The topological polar surface area (TPSA) is 78.9 Å². The number of urea groups is 1. The fraction of sp³-hybridized carbons (Fsp3) is 0.778. The number of carbonyl (C=O) groups excluding carboxylic acids is 2. The molecule has 0 radical (unpaired) electrons. The number of hydrogen-bond donors (Lipinski definition) is 2. The normalized spacial score (nSPS) is 35.4. The van der Waals surface area contributed by atoms with E-state index in [1.165, 1.54) is 0 Å². The molecule has 90 valence electrons. The summed E-state index contributed by atoms with van der Waals surface area (Å²) >= 11 is 0. The van der Waals surface area contributed by atoms with E-state index in [0.717, 1.165) is 4.90 Å². The van der Waals surface area contributed by atoms with Crippen LogP contribution in [0.5, 0.6) is 0 Å². The molecule has 0 aliphatic carbocycles. The summed E-state index contributed by atoms with van der Waals surface area (Å²) in [5.74, 6) is -0.367. The molecule has 6 nitrogen and oxygen atoms in total. The molecule has 3 amide bonds. The summed E-state index contributed by atoms with van der Waals surface area (Å²) in [5.41, 5.74) is 0. The number of hydrogen-bond acceptors (Lipinski definition) is 4. The Balaban J connectivity index is 2.02. The van der Waals surface area contributed by atoms with Gasteiger partial charge in [-0.2, -0.15) is 0 Å². The lowest BCUT2D eigenvalue weighted by Crippen LogP contribution is -2.55. The van der Waals surface area contributed by atoms with Gasteiger partial charge in [-0.15, -0.1) is 0 Å². The van der Waals surface area contributed by atoms with Crippen LogP contribution >= 0.6 is 0 Å². The molecule has 16 heavy (non-hydrogen) atoms. The minimum Gasteiger partial charge on any atom is -0.394 e. The van der Waals surface area contributed by atoms with Crippen LogP contribution in [0.15, 0.2) is 0 Å². The Morgan fingerprint density at radius 2 is 2.31 bits per heavy atom. The second-order valence-corrected chi connectivity index (χ2v) is 3.88. The lowest BCUT2D eigenvalue weighted by Gasteiger charge is -2.32. The van der Waals surface area contributed by atoms with E-state index < -0.39 is 24.5 Å². The highest BCUT2D eigenvalue weighted by Gasteiger charge is 2.42. The molecule has 3 unspecified atom stereocenters. The fourth-order valence-corrected chi connectivity index (χ4v) is 1.91. The molecule has 2 heterocycles. The van der Waals surface area contributed by atoms with Crippen LogP contribution in [0.3, 0.4) is 0 Å². The van der Waals surface area contributed by atoms with Crippen LogP contribution in [-0.4, -0.2) is 53.6 Å². The average Bonchev–Trinajstić information content (AvgIpc) is 2.60. The molecule has 0 saturated carbocycles. The highest BCUT2D eigenvalue weighted by atomic mass is 19.1. The lowest BCUT2D eigenvalue weighted by molar-refractivity contribution is -0.124. The molecule has 0 aromatic rings. The molecule has 2 rings (SSSR count). The third-order valence-electron chi connectivity index (χ3n) is 2.73. The molecule has 2 saturated heterocycles. The number of rotatable bonds is 2.